The predicted octanol–water partition coefficient (Wildman–Crippen LogP) is 3.69. The molecule has 1 saturated carbocycles. The van der Waals surface area contributed by atoms with Crippen molar-refractivity contribution in [2.24, 2.45) is 12.5 Å². The highest BCUT2D eigenvalue weighted by Crippen LogP contribution is 2.49. The van der Waals surface area contributed by atoms with E-state index < -0.39 is 28.8 Å². The van der Waals surface area contributed by atoms with Gasteiger partial charge in [0.2, 0.25) is 0 Å². The summed E-state index contributed by atoms with van der Waals surface area (Å²) >= 11 is -1.34. The van der Waals surface area contributed by atoms with E-state index in [1.807, 2.05) is 20.8 Å². The van der Waals surface area contributed by atoms with E-state index in [9.17, 15) is 13.3 Å². The lowest BCUT2D eigenvalue weighted by atomic mass is 9.79. The van der Waals surface area contributed by atoms with Crippen molar-refractivity contribution in [2.45, 2.75) is 70.8 Å². The Hall–Kier alpha value is -0.860. The molecule has 0 bridgehead atoms. The zero-order valence-electron chi connectivity index (χ0n) is 14.9. The predicted molar refractivity (Wildman–Crippen MR) is 90.2 cm³/mol. The van der Waals surface area contributed by atoms with E-state index in [1.54, 1.807) is 7.05 Å². The van der Waals surface area contributed by atoms with Crippen LogP contribution in [0.2, 0.25) is 0 Å². The highest BCUT2D eigenvalue weighted by atomic mass is 32.2. The smallest absolute Gasteiger partial charge is 0.387 e. The third-order valence-corrected chi connectivity index (χ3v) is 6.10. The minimum Gasteiger partial charge on any atom is -0.598 e. The summed E-state index contributed by atoms with van der Waals surface area (Å²) in [6.45, 7) is 4.80. The average molecular weight is 363 g/mol. The Kier molecular flexibility index (Phi) is 5.82. The van der Waals surface area contributed by atoms with Crippen molar-refractivity contribution in [3.8, 4) is 5.75 Å². The molecule has 138 valence electrons. The first-order valence-corrected chi connectivity index (χ1v) is 9.34. The molecule has 0 spiro atoms. The Bertz CT molecular complexity index is 554. The fourth-order valence-electron chi connectivity index (χ4n) is 3.15. The molecule has 1 unspecified atom stereocenters. The largest absolute Gasteiger partial charge is 0.598 e. The van der Waals surface area contributed by atoms with Gasteiger partial charge in [-0.25, -0.2) is 0 Å². The van der Waals surface area contributed by atoms with Crippen LogP contribution >= 0.6 is 0 Å². The number of hydrogen-bond acceptors (Lipinski definition) is 4. The zero-order chi connectivity index (χ0) is 18.1. The summed E-state index contributed by atoms with van der Waals surface area (Å²) in [4.78, 5) is 0. The van der Waals surface area contributed by atoms with Crippen molar-refractivity contribution >= 4 is 11.4 Å². The van der Waals surface area contributed by atoms with Gasteiger partial charge in [0.15, 0.2) is 5.75 Å². The first-order valence-electron chi connectivity index (χ1n) is 8.19. The van der Waals surface area contributed by atoms with E-state index in [1.165, 1.54) is 10.9 Å². The van der Waals surface area contributed by atoms with Crippen LogP contribution in [0.25, 0.3) is 0 Å². The van der Waals surface area contributed by atoms with Crippen molar-refractivity contribution < 1.29 is 18.1 Å². The van der Waals surface area contributed by atoms with Gasteiger partial charge in [0.25, 0.3) is 0 Å². The molecule has 5 nitrogen and oxygen atoms in total. The van der Waals surface area contributed by atoms with Crippen molar-refractivity contribution in [1.82, 2.24) is 14.5 Å². The molecule has 1 aliphatic carbocycles. The molecule has 1 N–H and O–H groups in total. The number of nitrogens with one attached hydrogen (secondary N) is 1. The lowest BCUT2D eigenvalue weighted by Gasteiger charge is -2.36. The van der Waals surface area contributed by atoms with Gasteiger partial charge in [-0.1, -0.05) is 19.8 Å². The highest BCUT2D eigenvalue weighted by Gasteiger charge is 2.45. The number of nitrogens with zero attached hydrogens (tertiary/aromatic N) is 2. The number of hydrogen-bond donors (Lipinski definition) is 1. The van der Waals surface area contributed by atoms with Gasteiger partial charge in [0, 0.05) is 18.4 Å². The first kappa shape index (κ1) is 19.5. The maximum Gasteiger partial charge on any atom is 0.387 e. The molecular formula is C16H27F2N3O2S. The maximum atomic E-state index is 12.8. The van der Waals surface area contributed by atoms with Crippen LogP contribution in [0.3, 0.4) is 0 Å². The fourth-order valence-corrected chi connectivity index (χ4v) is 4.12. The van der Waals surface area contributed by atoms with Crippen molar-refractivity contribution in [3.63, 3.8) is 0 Å². The quantitative estimate of drug-likeness (QED) is 0.783. The van der Waals surface area contributed by atoms with Crippen molar-refractivity contribution in [3.05, 3.63) is 11.9 Å². The summed E-state index contributed by atoms with van der Waals surface area (Å²) in [5.41, 5.74) is 0.204. The fraction of sp³-hybridized carbons (Fsp3) is 0.812. The highest BCUT2D eigenvalue weighted by molar-refractivity contribution is 7.90. The monoisotopic (exact) mass is 363 g/mol. The lowest BCUT2D eigenvalue weighted by molar-refractivity contribution is -0.0511. The van der Waals surface area contributed by atoms with Gasteiger partial charge >= 0.3 is 6.61 Å². The number of ether oxygens (including phenoxy) is 1. The first-order chi connectivity index (χ1) is 11.0. The van der Waals surface area contributed by atoms with Crippen LogP contribution in [0.4, 0.5) is 8.78 Å². The molecule has 2 atom stereocenters. The maximum absolute atomic E-state index is 12.8. The number of rotatable bonds is 6. The molecule has 1 fully saturated rings. The lowest BCUT2D eigenvalue weighted by Crippen LogP contribution is -2.46. The minimum absolute atomic E-state index is 0.0454. The molecule has 1 aliphatic rings. The molecule has 8 heteroatoms. The summed E-state index contributed by atoms with van der Waals surface area (Å²) in [5.74, 6) is 0.0454. The van der Waals surface area contributed by atoms with Gasteiger partial charge in [-0.05, 0) is 39.0 Å². The van der Waals surface area contributed by atoms with Gasteiger partial charge in [-0.3, -0.25) is 4.68 Å². The molecule has 0 aliphatic heterocycles. The Morgan fingerprint density at radius 3 is 2.46 bits per heavy atom. The Morgan fingerprint density at radius 2 is 1.96 bits per heavy atom. The van der Waals surface area contributed by atoms with Crippen LogP contribution in [0, 0.1) is 5.41 Å². The number of aryl methyl sites for hydroxylation is 1. The van der Waals surface area contributed by atoms with Crippen molar-refractivity contribution in [2.75, 3.05) is 0 Å². The van der Waals surface area contributed by atoms with Gasteiger partial charge in [-0.2, -0.15) is 13.9 Å². The average Bonchev–Trinajstić information content (AvgIpc) is 3.01. The molecular weight excluding hydrogens is 336 g/mol. The van der Waals surface area contributed by atoms with E-state index in [0.29, 0.717) is 5.69 Å². The molecule has 2 rings (SSSR count). The van der Waals surface area contributed by atoms with Gasteiger partial charge < -0.3 is 9.29 Å². The molecule has 1 aromatic rings. The molecule has 1 heterocycles. The summed E-state index contributed by atoms with van der Waals surface area (Å²) in [6.07, 6.45) is 5.42. The van der Waals surface area contributed by atoms with E-state index in [-0.39, 0.29) is 11.2 Å². The van der Waals surface area contributed by atoms with Gasteiger partial charge in [0.05, 0.1) is 6.20 Å². The third-order valence-electron chi connectivity index (χ3n) is 4.54. The Labute approximate surface area is 145 Å². The number of halogens is 2. The summed E-state index contributed by atoms with van der Waals surface area (Å²) in [7, 11) is 1.66. The van der Waals surface area contributed by atoms with E-state index in [0.717, 1.165) is 25.7 Å². The van der Waals surface area contributed by atoms with Crippen LogP contribution in [0.5, 0.6) is 5.75 Å². The second-order valence-electron chi connectivity index (χ2n) is 7.72. The van der Waals surface area contributed by atoms with Crippen LogP contribution in [-0.2, 0) is 18.4 Å². The van der Waals surface area contributed by atoms with Crippen LogP contribution in [0.15, 0.2) is 6.20 Å². The molecule has 1 aromatic heterocycles. The Balaban J connectivity index is 2.39. The number of alkyl halides is 2. The van der Waals surface area contributed by atoms with Crippen LogP contribution in [-0.4, -0.2) is 25.7 Å². The molecule has 24 heavy (non-hydrogen) atoms. The van der Waals surface area contributed by atoms with Crippen molar-refractivity contribution in [1.29, 1.82) is 0 Å². The molecule has 0 aromatic carbocycles. The van der Waals surface area contributed by atoms with Crippen LogP contribution in [0.1, 0.15) is 65.1 Å². The van der Waals surface area contributed by atoms with Crippen LogP contribution < -0.4 is 9.46 Å². The summed E-state index contributed by atoms with van der Waals surface area (Å²) in [5, 5.41) is 4.35. The summed E-state index contributed by atoms with van der Waals surface area (Å²) in [6, 6.07) is -0.407. The molecule has 0 amide bonds. The molecule has 0 saturated heterocycles. The topological polar surface area (TPSA) is 62.1 Å². The van der Waals surface area contributed by atoms with E-state index in [4.69, 9.17) is 0 Å². The van der Waals surface area contributed by atoms with Gasteiger partial charge in [0.1, 0.15) is 16.5 Å². The normalized spacial score (nSPS) is 20.4. The van der Waals surface area contributed by atoms with E-state index >= 15 is 0 Å². The second-order valence-corrected chi connectivity index (χ2v) is 9.72. The van der Waals surface area contributed by atoms with E-state index in [2.05, 4.69) is 21.5 Å². The minimum atomic E-state index is -2.92. The number of aromatic nitrogens is 2. The molecule has 0 radical (unpaired) electrons. The zero-order valence-corrected chi connectivity index (χ0v) is 15.8. The Morgan fingerprint density at radius 1 is 1.38 bits per heavy atom. The summed E-state index contributed by atoms with van der Waals surface area (Å²) < 4.78 is 47.0. The SMILES string of the molecule is Cn1cc(OC(F)F)c(C(N[S@+]([O-])C(C)(C)C)C2(C)CCCC2)n1. The third kappa shape index (κ3) is 4.40. The van der Waals surface area contributed by atoms with Gasteiger partial charge in [-0.15, -0.1) is 4.72 Å². The second kappa shape index (κ2) is 7.17. The standard InChI is InChI=1S/C16H27F2N3O2S/c1-15(2,3)24(22)20-13(16(4)8-6-7-9-16)12-11(23-14(17)18)10-21(5)19-12/h10,13-14,20H,6-9H2,1-5H3/t13?,24-/m1/s1.